The van der Waals surface area contributed by atoms with Crippen molar-refractivity contribution in [2.75, 3.05) is 31.1 Å². The topological polar surface area (TPSA) is 107 Å². The summed E-state index contributed by atoms with van der Waals surface area (Å²) in [5.74, 6) is -0.175. The van der Waals surface area contributed by atoms with Crippen molar-refractivity contribution in [3.63, 3.8) is 0 Å². The average molecular weight is 500 g/mol. The molecule has 37 heavy (non-hydrogen) atoms. The van der Waals surface area contributed by atoms with Crippen LogP contribution in [0, 0.1) is 5.82 Å². The number of carbonyl (C=O) groups excluding carboxylic acids is 1. The highest BCUT2D eigenvalue weighted by atomic mass is 19.1. The van der Waals surface area contributed by atoms with E-state index in [1.54, 1.807) is 15.7 Å². The van der Waals surface area contributed by atoms with Crippen LogP contribution in [0.2, 0.25) is 0 Å². The molecule has 9 heteroatoms. The fraction of sp³-hybridized carbons (Fsp3) is 0.286. The predicted octanol–water partition coefficient (Wildman–Crippen LogP) is 3.10. The van der Waals surface area contributed by atoms with E-state index in [9.17, 15) is 9.59 Å². The molecular weight excluding hydrogens is 473 g/mol. The Hall–Kier alpha value is -3.95. The van der Waals surface area contributed by atoms with Crippen LogP contribution in [0.4, 0.5) is 10.1 Å². The molecule has 7 rings (SSSR count). The normalized spacial score (nSPS) is 20.5. The molecule has 0 aliphatic carbocycles. The molecule has 0 bridgehead atoms. The van der Waals surface area contributed by atoms with Gasteiger partial charge in [-0.3, -0.25) is 9.59 Å². The van der Waals surface area contributed by atoms with Gasteiger partial charge >= 0.3 is 0 Å². The summed E-state index contributed by atoms with van der Waals surface area (Å²) in [7, 11) is 0. The number of amides is 1. The zero-order valence-corrected chi connectivity index (χ0v) is 20.1. The van der Waals surface area contributed by atoms with Gasteiger partial charge in [0.25, 0.3) is 5.91 Å². The first-order valence-electron chi connectivity index (χ1n) is 12.6. The maximum absolute atomic E-state index is 15.8. The Morgan fingerprint density at radius 1 is 1.00 bits per heavy atom. The highest BCUT2D eigenvalue weighted by molar-refractivity contribution is 6.02. The summed E-state index contributed by atoms with van der Waals surface area (Å²) in [6.07, 6.45) is 2.99. The minimum absolute atomic E-state index is 0.0103. The first kappa shape index (κ1) is 22.3. The van der Waals surface area contributed by atoms with Crippen LogP contribution in [-0.4, -0.2) is 53.6 Å². The Kier molecular flexibility index (Phi) is 4.83. The number of nitrogens with two attached hydrogens (primary N) is 2. The second-order valence-electron chi connectivity index (χ2n) is 10.2. The van der Waals surface area contributed by atoms with Gasteiger partial charge in [0.2, 0.25) is 5.43 Å². The van der Waals surface area contributed by atoms with E-state index in [1.165, 1.54) is 6.07 Å². The molecule has 3 aliphatic rings. The lowest BCUT2D eigenvalue weighted by atomic mass is 10.0. The second kappa shape index (κ2) is 8.03. The van der Waals surface area contributed by atoms with E-state index in [4.69, 9.17) is 16.2 Å². The summed E-state index contributed by atoms with van der Waals surface area (Å²) in [4.78, 5) is 30.6. The maximum atomic E-state index is 15.8. The third kappa shape index (κ3) is 3.34. The first-order valence-corrected chi connectivity index (χ1v) is 12.6. The van der Waals surface area contributed by atoms with E-state index in [0.29, 0.717) is 49.6 Å². The molecule has 188 valence electrons. The number of anilines is 1. The SMILES string of the molecule is N[C@@H]1CCN(C(=O)c2cn3c4c(c(N5CC[C@@H](N)C5)c(F)cc4c2=O)Oc2cc4ccccc4cc2-3)C1. The number of benzene rings is 3. The van der Waals surface area contributed by atoms with Crippen molar-refractivity contribution in [3.05, 3.63) is 70.3 Å². The monoisotopic (exact) mass is 499 g/mol. The quantitative estimate of drug-likeness (QED) is 0.387. The van der Waals surface area contributed by atoms with Crippen LogP contribution < -0.4 is 26.5 Å². The third-order valence-corrected chi connectivity index (χ3v) is 7.75. The Morgan fingerprint density at radius 3 is 2.43 bits per heavy atom. The van der Waals surface area contributed by atoms with Crippen LogP contribution in [0.1, 0.15) is 23.2 Å². The number of pyridine rings is 1. The van der Waals surface area contributed by atoms with Crippen LogP contribution >= 0.6 is 0 Å². The summed E-state index contributed by atoms with van der Waals surface area (Å²) >= 11 is 0. The zero-order chi connectivity index (χ0) is 25.4. The summed E-state index contributed by atoms with van der Waals surface area (Å²) in [5.41, 5.74) is 13.0. The second-order valence-corrected chi connectivity index (χ2v) is 10.2. The van der Waals surface area contributed by atoms with Gasteiger partial charge in [0.05, 0.1) is 11.1 Å². The predicted molar refractivity (Wildman–Crippen MR) is 140 cm³/mol. The van der Waals surface area contributed by atoms with Gasteiger partial charge in [-0.05, 0) is 41.8 Å². The van der Waals surface area contributed by atoms with Crippen LogP contribution in [-0.2, 0) is 0 Å². The minimum atomic E-state index is -0.572. The van der Waals surface area contributed by atoms with Crippen molar-refractivity contribution in [1.29, 1.82) is 0 Å². The summed E-state index contributed by atoms with van der Waals surface area (Å²) in [6.45, 7) is 1.93. The number of ether oxygens (including phenoxy) is 1. The number of likely N-dealkylation sites (tertiary alicyclic amines) is 1. The van der Waals surface area contributed by atoms with Crippen molar-refractivity contribution in [3.8, 4) is 17.2 Å². The summed E-state index contributed by atoms with van der Waals surface area (Å²) in [5, 5.41) is 2.05. The molecule has 3 aliphatic heterocycles. The molecule has 3 aromatic carbocycles. The number of fused-ring (bicyclic) bond motifs is 3. The Bertz CT molecular complexity index is 1680. The van der Waals surface area contributed by atoms with Crippen LogP contribution in [0.3, 0.4) is 0 Å². The molecule has 1 aromatic heterocycles. The first-order chi connectivity index (χ1) is 17.9. The maximum Gasteiger partial charge on any atom is 0.259 e. The van der Waals surface area contributed by atoms with Crippen LogP contribution in [0.15, 0.2) is 53.5 Å². The lowest BCUT2D eigenvalue weighted by Gasteiger charge is -2.29. The van der Waals surface area contributed by atoms with E-state index >= 15 is 4.39 Å². The molecule has 4 aromatic rings. The molecule has 1 amide bonds. The third-order valence-electron chi connectivity index (χ3n) is 7.75. The highest BCUT2D eigenvalue weighted by Crippen LogP contribution is 2.48. The molecule has 0 radical (unpaired) electrons. The van der Waals surface area contributed by atoms with Gasteiger partial charge in [-0.25, -0.2) is 4.39 Å². The van der Waals surface area contributed by atoms with Crippen molar-refractivity contribution < 1.29 is 13.9 Å². The molecule has 0 saturated carbocycles. The van der Waals surface area contributed by atoms with Gasteiger partial charge in [-0.2, -0.15) is 0 Å². The zero-order valence-electron chi connectivity index (χ0n) is 20.1. The smallest absolute Gasteiger partial charge is 0.259 e. The standard InChI is InChI=1S/C28H26FN5O3/c29-21-11-19-24-27(25(21)32-7-5-17(30)12-32)37-23-10-16-4-2-1-3-15(16)9-22(23)34(24)14-20(26(19)35)28(36)33-8-6-18(31)13-33/h1-4,9-11,14,17-18H,5-8,12-13,30-31H2/t17-,18-/m1/s1. The van der Waals surface area contributed by atoms with E-state index in [-0.39, 0.29) is 34.5 Å². The van der Waals surface area contributed by atoms with Gasteiger partial charge < -0.3 is 30.6 Å². The summed E-state index contributed by atoms with van der Waals surface area (Å²) in [6, 6.07) is 12.8. The largest absolute Gasteiger partial charge is 0.451 e. The molecule has 2 fully saturated rings. The van der Waals surface area contributed by atoms with Gasteiger partial charge in [0, 0.05) is 44.5 Å². The number of hydrogen-bond donors (Lipinski definition) is 2. The average Bonchev–Trinajstić information content (AvgIpc) is 3.52. The Morgan fingerprint density at radius 2 is 1.73 bits per heavy atom. The Labute approximate surface area is 211 Å². The number of aromatic nitrogens is 1. The van der Waals surface area contributed by atoms with Gasteiger partial charge in [0.1, 0.15) is 16.8 Å². The van der Waals surface area contributed by atoms with Crippen molar-refractivity contribution in [1.82, 2.24) is 9.47 Å². The van der Waals surface area contributed by atoms with Crippen LogP contribution in [0.25, 0.3) is 27.4 Å². The van der Waals surface area contributed by atoms with Crippen molar-refractivity contribution >= 4 is 33.3 Å². The molecule has 2 atom stereocenters. The number of rotatable bonds is 2. The molecule has 0 spiro atoms. The molecular formula is C28H26FN5O3. The van der Waals surface area contributed by atoms with E-state index in [0.717, 1.165) is 17.2 Å². The molecule has 2 saturated heterocycles. The van der Waals surface area contributed by atoms with E-state index in [2.05, 4.69) is 0 Å². The molecule has 4 N–H and O–H groups in total. The molecule has 8 nitrogen and oxygen atoms in total. The number of nitrogens with zero attached hydrogens (tertiary/aromatic N) is 3. The minimum Gasteiger partial charge on any atom is -0.451 e. The number of halogens is 1. The number of hydrogen-bond acceptors (Lipinski definition) is 6. The number of carbonyl (C=O) groups is 1. The van der Waals surface area contributed by atoms with Gasteiger partial charge in [0.15, 0.2) is 17.3 Å². The Balaban J connectivity index is 1.53. The summed E-state index contributed by atoms with van der Waals surface area (Å²) < 4.78 is 24.0. The molecule has 0 unspecified atom stereocenters. The van der Waals surface area contributed by atoms with E-state index < -0.39 is 17.2 Å². The fourth-order valence-corrected chi connectivity index (χ4v) is 5.87. The lowest BCUT2D eigenvalue weighted by molar-refractivity contribution is 0.0789. The van der Waals surface area contributed by atoms with Crippen LogP contribution in [0.5, 0.6) is 11.5 Å². The van der Waals surface area contributed by atoms with Crippen molar-refractivity contribution in [2.24, 2.45) is 11.5 Å². The fourth-order valence-electron chi connectivity index (χ4n) is 5.87. The van der Waals surface area contributed by atoms with Gasteiger partial charge in [-0.15, -0.1) is 0 Å². The van der Waals surface area contributed by atoms with E-state index in [1.807, 2.05) is 41.3 Å². The van der Waals surface area contributed by atoms with Gasteiger partial charge in [-0.1, -0.05) is 24.3 Å². The highest BCUT2D eigenvalue weighted by Gasteiger charge is 2.34. The van der Waals surface area contributed by atoms with Crippen molar-refractivity contribution in [2.45, 2.75) is 24.9 Å². The molecule has 4 heterocycles. The lowest BCUT2D eigenvalue weighted by Crippen LogP contribution is -2.35.